The molecule has 0 aliphatic carbocycles. The molecule has 0 bridgehead atoms. The summed E-state index contributed by atoms with van der Waals surface area (Å²) in [5.74, 6) is 0.851. The molecule has 0 spiro atoms. The van der Waals surface area contributed by atoms with Gasteiger partial charge in [0.2, 0.25) is 5.95 Å². The molecule has 94 valence electrons. The van der Waals surface area contributed by atoms with Crippen molar-refractivity contribution in [3.8, 4) is 0 Å². The maximum absolute atomic E-state index is 4.47. The Morgan fingerprint density at radius 3 is 2.56 bits per heavy atom. The first-order valence-electron chi connectivity index (χ1n) is 6.25. The van der Waals surface area contributed by atoms with Crippen molar-refractivity contribution in [1.82, 2.24) is 15.0 Å². The quantitative estimate of drug-likeness (QED) is 0.867. The lowest BCUT2D eigenvalue weighted by atomic mass is 10.3. The molecule has 1 saturated heterocycles. The van der Waals surface area contributed by atoms with Crippen LogP contribution in [0.3, 0.4) is 0 Å². The molecule has 0 atom stereocenters. The first kappa shape index (κ1) is 11.1. The van der Waals surface area contributed by atoms with Crippen molar-refractivity contribution < 1.29 is 0 Å². The molecule has 2 aromatic rings. The molecule has 1 aliphatic rings. The van der Waals surface area contributed by atoms with E-state index >= 15 is 0 Å². The van der Waals surface area contributed by atoms with E-state index < -0.39 is 0 Å². The van der Waals surface area contributed by atoms with Crippen molar-refractivity contribution in [2.75, 3.05) is 36.0 Å². The molecular formula is C13H17N5. The van der Waals surface area contributed by atoms with Crippen LogP contribution in [0.15, 0.2) is 30.7 Å². The molecule has 0 aromatic carbocycles. The van der Waals surface area contributed by atoms with Crippen molar-refractivity contribution in [1.29, 1.82) is 0 Å². The van der Waals surface area contributed by atoms with Gasteiger partial charge in [-0.1, -0.05) is 0 Å². The number of aryl methyl sites for hydroxylation is 1. The Balaban J connectivity index is 1.67. The first-order chi connectivity index (χ1) is 8.83. The molecule has 5 nitrogen and oxygen atoms in total. The van der Waals surface area contributed by atoms with Gasteiger partial charge >= 0.3 is 0 Å². The number of aromatic nitrogens is 3. The molecule has 2 aromatic heterocycles. The van der Waals surface area contributed by atoms with Crippen LogP contribution in [0, 0.1) is 6.92 Å². The first-order valence-corrected chi connectivity index (χ1v) is 6.25. The molecule has 1 N–H and O–H groups in total. The summed E-state index contributed by atoms with van der Waals surface area (Å²) >= 11 is 0. The fraction of sp³-hybridized carbons (Fsp3) is 0.385. The molecule has 3 heterocycles. The fourth-order valence-corrected chi connectivity index (χ4v) is 2.26. The van der Waals surface area contributed by atoms with Gasteiger partial charge in [0, 0.05) is 50.5 Å². The standard InChI is InChI=1S/C13H17N5/c1-11-2-5-15-13(16-11)18-8-6-17(7-9-18)12-3-4-14-10-12/h2-5,10,14H,6-9H2,1H3. The normalized spacial score (nSPS) is 16.1. The maximum atomic E-state index is 4.47. The van der Waals surface area contributed by atoms with Gasteiger partial charge in [0.25, 0.3) is 0 Å². The van der Waals surface area contributed by atoms with Crippen LogP contribution < -0.4 is 9.80 Å². The second kappa shape index (κ2) is 4.68. The second-order valence-electron chi connectivity index (χ2n) is 4.54. The zero-order valence-electron chi connectivity index (χ0n) is 10.5. The minimum absolute atomic E-state index is 0.851. The van der Waals surface area contributed by atoms with Gasteiger partial charge < -0.3 is 14.8 Å². The smallest absolute Gasteiger partial charge is 0.225 e. The average Bonchev–Trinajstić information content (AvgIpc) is 2.93. The van der Waals surface area contributed by atoms with Crippen LogP contribution in [0.25, 0.3) is 0 Å². The second-order valence-corrected chi connectivity index (χ2v) is 4.54. The van der Waals surface area contributed by atoms with Gasteiger partial charge in [0.15, 0.2) is 0 Å². The number of hydrogen-bond acceptors (Lipinski definition) is 4. The van der Waals surface area contributed by atoms with E-state index in [9.17, 15) is 0 Å². The van der Waals surface area contributed by atoms with Crippen LogP contribution in [0.1, 0.15) is 5.69 Å². The van der Waals surface area contributed by atoms with Crippen LogP contribution in [0.4, 0.5) is 11.6 Å². The summed E-state index contributed by atoms with van der Waals surface area (Å²) in [6, 6.07) is 4.04. The fourth-order valence-electron chi connectivity index (χ4n) is 2.26. The van der Waals surface area contributed by atoms with Crippen molar-refractivity contribution in [2.45, 2.75) is 6.92 Å². The van der Waals surface area contributed by atoms with E-state index in [2.05, 4.69) is 30.8 Å². The van der Waals surface area contributed by atoms with Crippen molar-refractivity contribution in [2.24, 2.45) is 0 Å². The third-order valence-corrected chi connectivity index (χ3v) is 3.29. The number of nitrogens with one attached hydrogen (secondary N) is 1. The molecule has 1 fully saturated rings. The minimum atomic E-state index is 0.851. The van der Waals surface area contributed by atoms with Crippen LogP contribution in [0.2, 0.25) is 0 Å². The highest BCUT2D eigenvalue weighted by Crippen LogP contribution is 2.17. The third-order valence-electron chi connectivity index (χ3n) is 3.29. The summed E-state index contributed by atoms with van der Waals surface area (Å²) in [7, 11) is 0. The Bertz CT molecular complexity index is 500. The SMILES string of the molecule is Cc1ccnc(N2CCN(c3cc[nH]c3)CC2)n1. The Labute approximate surface area is 106 Å². The molecule has 18 heavy (non-hydrogen) atoms. The lowest BCUT2D eigenvalue weighted by molar-refractivity contribution is 0.639. The van der Waals surface area contributed by atoms with Crippen molar-refractivity contribution in [3.63, 3.8) is 0 Å². The molecule has 1 aliphatic heterocycles. The number of nitrogens with zero attached hydrogens (tertiary/aromatic N) is 4. The van der Waals surface area contributed by atoms with E-state index in [1.54, 1.807) is 0 Å². The highest BCUT2D eigenvalue weighted by molar-refractivity contribution is 5.46. The number of rotatable bonds is 2. The van der Waals surface area contributed by atoms with E-state index in [4.69, 9.17) is 0 Å². The summed E-state index contributed by atoms with van der Waals surface area (Å²) < 4.78 is 0. The Kier molecular flexibility index (Phi) is 2.88. The van der Waals surface area contributed by atoms with Gasteiger partial charge in [0.1, 0.15) is 0 Å². The lowest BCUT2D eigenvalue weighted by Crippen LogP contribution is -2.47. The average molecular weight is 243 g/mol. The molecule has 0 saturated carbocycles. The zero-order chi connectivity index (χ0) is 12.4. The summed E-state index contributed by atoms with van der Waals surface area (Å²) in [4.78, 5) is 16.5. The summed E-state index contributed by atoms with van der Waals surface area (Å²) in [5, 5.41) is 0. The van der Waals surface area contributed by atoms with Gasteiger partial charge in [0.05, 0.1) is 5.69 Å². The van der Waals surface area contributed by atoms with Crippen LogP contribution >= 0.6 is 0 Å². The van der Waals surface area contributed by atoms with Crippen LogP contribution in [0.5, 0.6) is 0 Å². The van der Waals surface area contributed by atoms with E-state index in [0.717, 1.165) is 37.8 Å². The summed E-state index contributed by atoms with van der Waals surface area (Å²) in [5.41, 5.74) is 2.29. The Morgan fingerprint density at radius 1 is 1.11 bits per heavy atom. The minimum Gasteiger partial charge on any atom is -0.367 e. The molecule has 5 heteroatoms. The van der Waals surface area contributed by atoms with E-state index in [0.29, 0.717) is 0 Å². The van der Waals surface area contributed by atoms with E-state index in [1.807, 2.05) is 31.6 Å². The molecule has 0 unspecified atom stereocenters. The van der Waals surface area contributed by atoms with Gasteiger partial charge in [-0.25, -0.2) is 9.97 Å². The number of piperazine rings is 1. The predicted octanol–water partition coefficient (Wildman–Crippen LogP) is 1.44. The predicted molar refractivity (Wildman–Crippen MR) is 72.0 cm³/mol. The van der Waals surface area contributed by atoms with Crippen molar-refractivity contribution >= 4 is 11.6 Å². The zero-order valence-corrected chi connectivity index (χ0v) is 10.5. The number of H-pyrrole nitrogens is 1. The van der Waals surface area contributed by atoms with Crippen molar-refractivity contribution in [3.05, 3.63) is 36.4 Å². The Morgan fingerprint density at radius 2 is 1.89 bits per heavy atom. The van der Waals surface area contributed by atoms with Gasteiger partial charge in [-0.3, -0.25) is 0 Å². The summed E-state index contributed by atoms with van der Waals surface area (Å²) in [6.07, 6.45) is 5.83. The Hall–Kier alpha value is -2.04. The van der Waals surface area contributed by atoms with Gasteiger partial charge in [-0.05, 0) is 19.1 Å². The van der Waals surface area contributed by atoms with Crippen LogP contribution in [-0.4, -0.2) is 41.1 Å². The largest absolute Gasteiger partial charge is 0.367 e. The number of aromatic amines is 1. The van der Waals surface area contributed by atoms with E-state index in [1.165, 1.54) is 5.69 Å². The topological polar surface area (TPSA) is 48.1 Å². The molecule has 3 rings (SSSR count). The number of anilines is 2. The van der Waals surface area contributed by atoms with Gasteiger partial charge in [-0.2, -0.15) is 0 Å². The molecule has 0 radical (unpaired) electrons. The monoisotopic (exact) mass is 243 g/mol. The summed E-state index contributed by atoms with van der Waals surface area (Å²) in [6.45, 7) is 5.95. The van der Waals surface area contributed by atoms with Crippen LogP contribution in [-0.2, 0) is 0 Å². The maximum Gasteiger partial charge on any atom is 0.225 e. The molecule has 0 amide bonds. The lowest BCUT2D eigenvalue weighted by Gasteiger charge is -2.35. The third kappa shape index (κ3) is 2.16. The number of hydrogen-bond donors (Lipinski definition) is 1. The van der Waals surface area contributed by atoms with Gasteiger partial charge in [-0.15, -0.1) is 0 Å². The molecular weight excluding hydrogens is 226 g/mol. The highest BCUT2D eigenvalue weighted by atomic mass is 15.3. The van der Waals surface area contributed by atoms with E-state index in [-0.39, 0.29) is 0 Å². The highest BCUT2D eigenvalue weighted by Gasteiger charge is 2.19.